The van der Waals surface area contributed by atoms with Gasteiger partial charge in [-0.3, -0.25) is 9.59 Å². The van der Waals surface area contributed by atoms with Gasteiger partial charge in [-0.15, -0.1) is 0 Å². The Bertz CT molecular complexity index is 768. The van der Waals surface area contributed by atoms with Gasteiger partial charge >= 0.3 is 0 Å². The van der Waals surface area contributed by atoms with Crippen LogP contribution in [-0.4, -0.2) is 11.8 Å². The second-order valence-corrected chi connectivity index (χ2v) is 5.06. The Kier molecular flexibility index (Phi) is 5.72. The molecular formula is C18H15ClN2O2. The summed E-state index contributed by atoms with van der Waals surface area (Å²) in [5, 5.41) is 2.77. The van der Waals surface area contributed by atoms with E-state index in [0.29, 0.717) is 5.02 Å². The molecule has 0 aliphatic rings. The third kappa shape index (κ3) is 4.83. The lowest BCUT2D eigenvalue weighted by Crippen LogP contribution is -2.31. The molecule has 3 N–H and O–H groups in total. The fourth-order valence-corrected chi connectivity index (χ4v) is 2.06. The summed E-state index contributed by atoms with van der Waals surface area (Å²) in [7, 11) is 0. The Morgan fingerprint density at radius 3 is 2.30 bits per heavy atom. The number of carbonyl (C=O) groups excluding carboxylic acids is 2. The lowest BCUT2D eigenvalue weighted by molar-refractivity contribution is -0.114. The predicted molar refractivity (Wildman–Crippen MR) is 91.7 cm³/mol. The minimum atomic E-state index is -0.733. The summed E-state index contributed by atoms with van der Waals surface area (Å²) >= 11 is 5.96. The molecule has 0 aromatic heterocycles. The highest BCUT2D eigenvalue weighted by Crippen LogP contribution is 2.15. The summed E-state index contributed by atoms with van der Waals surface area (Å²) in [6, 6.07) is 16.1. The van der Waals surface area contributed by atoms with Crippen LogP contribution in [0.5, 0.6) is 0 Å². The molecule has 2 amide bonds. The molecule has 4 nitrogen and oxygen atoms in total. The van der Waals surface area contributed by atoms with E-state index < -0.39 is 11.8 Å². The Labute approximate surface area is 139 Å². The van der Waals surface area contributed by atoms with Crippen molar-refractivity contribution in [1.82, 2.24) is 5.32 Å². The molecule has 0 unspecified atom stereocenters. The highest BCUT2D eigenvalue weighted by molar-refractivity contribution is 6.34. The molecule has 0 fully saturated rings. The fourth-order valence-electron chi connectivity index (χ4n) is 1.84. The highest BCUT2D eigenvalue weighted by Gasteiger charge is 2.13. The van der Waals surface area contributed by atoms with Crippen molar-refractivity contribution in [2.75, 3.05) is 0 Å². The number of benzene rings is 2. The number of halogens is 1. The first-order chi connectivity index (χ1) is 11.1. The van der Waals surface area contributed by atoms with Crippen LogP contribution in [-0.2, 0) is 4.79 Å². The van der Waals surface area contributed by atoms with Crippen LogP contribution in [0.1, 0.15) is 15.9 Å². The van der Waals surface area contributed by atoms with Crippen molar-refractivity contribution in [3.05, 3.63) is 88.6 Å². The molecule has 0 saturated carbocycles. The van der Waals surface area contributed by atoms with Crippen LogP contribution in [0.3, 0.4) is 0 Å². The predicted octanol–water partition coefficient (Wildman–Crippen LogP) is 3.15. The molecule has 2 aromatic carbocycles. The summed E-state index contributed by atoms with van der Waals surface area (Å²) < 4.78 is 0. The van der Waals surface area contributed by atoms with E-state index in [1.165, 1.54) is 6.08 Å². The lowest BCUT2D eigenvalue weighted by Gasteiger charge is -2.07. The van der Waals surface area contributed by atoms with Crippen molar-refractivity contribution < 1.29 is 9.59 Å². The van der Waals surface area contributed by atoms with Gasteiger partial charge in [-0.25, -0.2) is 0 Å². The molecular weight excluding hydrogens is 312 g/mol. The Balaban J connectivity index is 2.14. The molecule has 0 aliphatic carbocycles. The molecule has 0 atom stereocenters. The standard InChI is InChI=1S/C18H15ClN2O2/c19-15-11-5-4-10-14(15)18(23)21-16(17(20)22)12-6-9-13-7-2-1-3-8-13/h1-12H,(H2,20,22)(H,21,23)/b9-6+,16-12+. The number of hydrogen-bond donors (Lipinski definition) is 2. The SMILES string of the molecule is NC(=O)/C(=C\C=C\c1ccccc1)NC(=O)c1ccccc1Cl. The van der Waals surface area contributed by atoms with Gasteiger partial charge in [0.2, 0.25) is 0 Å². The largest absolute Gasteiger partial charge is 0.364 e. The van der Waals surface area contributed by atoms with Crippen molar-refractivity contribution in [3.63, 3.8) is 0 Å². The Hall–Kier alpha value is -2.85. The molecule has 0 radical (unpaired) electrons. The van der Waals surface area contributed by atoms with Crippen LogP contribution in [0.15, 0.2) is 72.4 Å². The van der Waals surface area contributed by atoms with Gasteiger partial charge in [0.05, 0.1) is 10.6 Å². The van der Waals surface area contributed by atoms with Gasteiger partial charge in [0.1, 0.15) is 5.70 Å². The Morgan fingerprint density at radius 1 is 1.00 bits per heavy atom. The smallest absolute Gasteiger partial charge is 0.265 e. The number of carbonyl (C=O) groups is 2. The molecule has 5 heteroatoms. The summed E-state index contributed by atoms with van der Waals surface area (Å²) in [6.07, 6.45) is 4.89. The molecule has 0 saturated heterocycles. The van der Waals surface area contributed by atoms with E-state index >= 15 is 0 Å². The lowest BCUT2D eigenvalue weighted by atomic mass is 10.2. The van der Waals surface area contributed by atoms with Crippen LogP contribution in [0, 0.1) is 0 Å². The molecule has 116 valence electrons. The minimum absolute atomic E-state index is 0.0119. The van der Waals surface area contributed by atoms with Crippen molar-refractivity contribution in [3.8, 4) is 0 Å². The molecule has 0 spiro atoms. The number of allylic oxidation sites excluding steroid dienone is 2. The molecule has 0 bridgehead atoms. The number of amides is 2. The zero-order chi connectivity index (χ0) is 16.7. The summed E-state index contributed by atoms with van der Waals surface area (Å²) in [5.74, 6) is -1.23. The van der Waals surface area contributed by atoms with Crippen LogP contribution in [0.4, 0.5) is 0 Å². The van der Waals surface area contributed by atoms with E-state index in [1.54, 1.807) is 36.4 Å². The first kappa shape index (κ1) is 16.5. The van der Waals surface area contributed by atoms with Crippen molar-refractivity contribution in [2.45, 2.75) is 0 Å². The van der Waals surface area contributed by atoms with Crippen molar-refractivity contribution in [1.29, 1.82) is 0 Å². The average molecular weight is 327 g/mol. The van der Waals surface area contributed by atoms with E-state index in [0.717, 1.165) is 5.56 Å². The van der Waals surface area contributed by atoms with Gasteiger partial charge in [0, 0.05) is 0 Å². The normalized spacial score (nSPS) is 11.4. The number of rotatable bonds is 5. The van der Waals surface area contributed by atoms with Crippen LogP contribution in [0.2, 0.25) is 5.02 Å². The average Bonchev–Trinajstić information content (AvgIpc) is 2.55. The summed E-state index contributed by atoms with van der Waals surface area (Å²) in [5.41, 5.74) is 6.51. The quantitative estimate of drug-likeness (QED) is 0.654. The van der Waals surface area contributed by atoms with Crippen LogP contribution in [0.25, 0.3) is 6.08 Å². The first-order valence-electron chi connectivity index (χ1n) is 6.87. The third-order valence-electron chi connectivity index (χ3n) is 2.98. The Morgan fingerprint density at radius 2 is 1.65 bits per heavy atom. The minimum Gasteiger partial charge on any atom is -0.364 e. The van der Waals surface area contributed by atoms with Crippen LogP contribution < -0.4 is 11.1 Å². The number of nitrogens with one attached hydrogen (secondary N) is 1. The van der Waals surface area contributed by atoms with Gasteiger partial charge in [-0.1, -0.05) is 66.2 Å². The zero-order valence-corrected chi connectivity index (χ0v) is 13.0. The van der Waals surface area contributed by atoms with Crippen LogP contribution >= 0.6 is 11.6 Å². The maximum atomic E-state index is 12.1. The fraction of sp³-hybridized carbons (Fsp3) is 0. The third-order valence-corrected chi connectivity index (χ3v) is 3.31. The van der Waals surface area contributed by atoms with Gasteiger partial charge in [-0.2, -0.15) is 0 Å². The van der Waals surface area contributed by atoms with E-state index in [2.05, 4.69) is 5.32 Å². The monoisotopic (exact) mass is 326 g/mol. The van der Waals surface area contributed by atoms with Crippen molar-refractivity contribution >= 4 is 29.5 Å². The second-order valence-electron chi connectivity index (χ2n) is 4.65. The summed E-state index contributed by atoms with van der Waals surface area (Å²) in [6.45, 7) is 0. The molecule has 0 heterocycles. The van der Waals surface area contributed by atoms with E-state index in [9.17, 15) is 9.59 Å². The number of hydrogen-bond acceptors (Lipinski definition) is 2. The number of nitrogens with two attached hydrogens (primary N) is 1. The summed E-state index contributed by atoms with van der Waals surface area (Å²) in [4.78, 5) is 23.6. The maximum absolute atomic E-state index is 12.1. The van der Waals surface area contributed by atoms with E-state index in [1.807, 2.05) is 30.3 Å². The molecule has 0 aliphatic heterocycles. The second kappa shape index (κ2) is 7.96. The maximum Gasteiger partial charge on any atom is 0.265 e. The van der Waals surface area contributed by atoms with Gasteiger partial charge < -0.3 is 11.1 Å². The zero-order valence-electron chi connectivity index (χ0n) is 12.2. The topological polar surface area (TPSA) is 72.2 Å². The van der Waals surface area contributed by atoms with Gasteiger partial charge in [-0.05, 0) is 23.8 Å². The van der Waals surface area contributed by atoms with Gasteiger partial charge in [0.15, 0.2) is 0 Å². The number of primary amides is 1. The van der Waals surface area contributed by atoms with Gasteiger partial charge in [0.25, 0.3) is 11.8 Å². The van der Waals surface area contributed by atoms with Crippen molar-refractivity contribution in [2.24, 2.45) is 5.73 Å². The van der Waals surface area contributed by atoms with E-state index in [4.69, 9.17) is 17.3 Å². The molecule has 2 rings (SSSR count). The highest BCUT2D eigenvalue weighted by atomic mass is 35.5. The first-order valence-corrected chi connectivity index (χ1v) is 7.25. The van der Waals surface area contributed by atoms with E-state index in [-0.39, 0.29) is 11.3 Å². The molecule has 2 aromatic rings. The molecule has 23 heavy (non-hydrogen) atoms.